The Morgan fingerprint density at radius 1 is 1.12 bits per heavy atom. The van der Waals surface area contributed by atoms with Gasteiger partial charge in [-0.2, -0.15) is 0 Å². The lowest BCUT2D eigenvalue weighted by Crippen LogP contribution is -2.35. The van der Waals surface area contributed by atoms with Crippen LogP contribution in [0.4, 0.5) is 0 Å². The summed E-state index contributed by atoms with van der Waals surface area (Å²) in [6, 6.07) is 0. The smallest absolute Gasteiger partial charge is 0.0499 e. The van der Waals surface area contributed by atoms with Crippen molar-refractivity contribution in [3.8, 4) is 0 Å². The van der Waals surface area contributed by atoms with Crippen molar-refractivity contribution in [2.75, 3.05) is 13.2 Å². The molecule has 0 saturated heterocycles. The highest BCUT2D eigenvalue weighted by Crippen LogP contribution is 2.31. The Labute approximate surface area is 102 Å². The highest BCUT2D eigenvalue weighted by atomic mass is 16.3. The van der Waals surface area contributed by atoms with Gasteiger partial charge in [0.05, 0.1) is 0 Å². The van der Waals surface area contributed by atoms with E-state index in [9.17, 15) is 5.11 Å². The van der Waals surface area contributed by atoms with E-state index in [0.29, 0.717) is 12.5 Å². The van der Waals surface area contributed by atoms with Crippen molar-refractivity contribution in [2.24, 2.45) is 17.1 Å². The molecule has 0 fully saturated rings. The van der Waals surface area contributed by atoms with Crippen molar-refractivity contribution >= 4 is 0 Å². The molecule has 0 aliphatic rings. The van der Waals surface area contributed by atoms with Crippen LogP contribution in [0, 0.1) is 11.3 Å². The van der Waals surface area contributed by atoms with Crippen LogP contribution in [0.3, 0.4) is 0 Å². The minimum atomic E-state index is -0.0135. The third-order valence-corrected chi connectivity index (χ3v) is 3.42. The molecular weight excluding hydrogens is 198 g/mol. The van der Waals surface area contributed by atoms with Gasteiger partial charge in [0.1, 0.15) is 0 Å². The van der Waals surface area contributed by atoms with Crippen molar-refractivity contribution in [3.63, 3.8) is 0 Å². The molecule has 2 nitrogen and oxygen atoms in total. The summed E-state index contributed by atoms with van der Waals surface area (Å²) < 4.78 is 0. The van der Waals surface area contributed by atoms with Crippen LogP contribution in [0.15, 0.2) is 0 Å². The van der Waals surface area contributed by atoms with Gasteiger partial charge in [0.2, 0.25) is 0 Å². The second-order valence-corrected chi connectivity index (χ2v) is 5.62. The fraction of sp³-hybridized carbons (Fsp3) is 1.00. The fourth-order valence-electron chi connectivity index (χ4n) is 2.47. The third-order valence-electron chi connectivity index (χ3n) is 3.42. The maximum atomic E-state index is 9.55. The van der Waals surface area contributed by atoms with Gasteiger partial charge in [0.15, 0.2) is 0 Å². The average molecular weight is 229 g/mol. The molecule has 1 atom stereocenters. The van der Waals surface area contributed by atoms with Gasteiger partial charge in [-0.05, 0) is 18.8 Å². The van der Waals surface area contributed by atoms with Crippen LogP contribution in [0.2, 0.25) is 0 Å². The van der Waals surface area contributed by atoms with E-state index in [2.05, 4.69) is 20.8 Å². The Morgan fingerprint density at radius 3 is 2.19 bits per heavy atom. The molecule has 1 unspecified atom stereocenters. The lowest BCUT2D eigenvalue weighted by atomic mass is 9.76. The van der Waals surface area contributed by atoms with Gasteiger partial charge in [0, 0.05) is 18.6 Å². The summed E-state index contributed by atoms with van der Waals surface area (Å²) in [7, 11) is 0. The zero-order valence-corrected chi connectivity index (χ0v) is 11.5. The van der Waals surface area contributed by atoms with Gasteiger partial charge >= 0.3 is 0 Å². The first-order valence-electron chi connectivity index (χ1n) is 6.91. The lowest BCUT2D eigenvalue weighted by molar-refractivity contribution is 0.0956. The predicted molar refractivity (Wildman–Crippen MR) is 71.4 cm³/mol. The quantitative estimate of drug-likeness (QED) is 0.564. The van der Waals surface area contributed by atoms with Crippen molar-refractivity contribution in [3.05, 3.63) is 0 Å². The molecule has 16 heavy (non-hydrogen) atoms. The number of aliphatic hydroxyl groups excluding tert-OH is 1. The van der Waals surface area contributed by atoms with E-state index in [-0.39, 0.29) is 12.0 Å². The van der Waals surface area contributed by atoms with Crippen molar-refractivity contribution in [1.82, 2.24) is 0 Å². The van der Waals surface area contributed by atoms with Crippen LogP contribution >= 0.6 is 0 Å². The highest BCUT2D eigenvalue weighted by Gasteiger charge is 2.28. The minimum absolute atomic E-state index is 0.0135. The van der Waals surface area contributed by atoms with Gasteiger partial charge in [-0.25, -0.2) is 0 Å². The minimum Gasteiger partial charge on any atom is -0.396 e. The molecule has 0 radical (unpaired) electrons. The fourth-order valence-corrected chi connectivity index (χ4v) is 2.47. The topological polar surface area (TPSA) is 46.2 Å². The normalized spacial score (nSPS) is 15.4. The molecule has 0 aromatic rings. The van der Waals surface area contributed by atoms with Crippen LogP contribution in [-0.4, -0.2) is 18.3 Å². The van der Waals surface area contributed by atoms with E-state index in [4.69, 9.17) is 5.73 Å². The average Bonchev–Trinajstić information content (AvgIpc) is 2.26. The zero-order chi connectivity index (χ0) is 12.4. The molecule has 0 bridgehead atoms. The van der Waals surface area contributed by atoms with Gasteiger partial charge in [-0.15, -0.1) is 0 Å². The van der Waals surface area contributed by atoms with Crippen LogP contribution in [0.25, 0.3) is 0 Å². The molecule has 98 valence electrons. The SMILES string of the molecule is CCCCCCCC(CN)(CO)CC(C)C. The van der Waals surface area contributed by atoms with Crippen LogP contribution < -0.4 is 5.73 Å². The molecule has 2 heteroatoms. The highest BCUT2D eigenvalue weighted by molar-refractivity contribution is 4.80. The van der Waals surface area contributed by atoms with Crippen LogP contribution in [0.1, 0.15) is 65.7 Å². The Kier molecular flexibility index (Phi) is 8.96. The maximum absolute atomic E-state index is 9.55. The molecule has 0 aliphatic carbocycles. The zero-order valence-electron chi connectivity index (χ0n) is 11.5. The van der Waals surface area contributed by atoms with Crippen molar-refractivity contribution < 1.29 is 5.11 Å². The Balaban J connectivity index is 3.92. The van der Waals surface area contributed by atoms with Crippen LogP contribution in [0.5, 0.6) is 0 Å². The first-order chi connectivity index (χ1) is 7.60. The molecular formula is C14H31NO. The monoisotopic (exact) mass is 229 g/mol. The second-order valence-electron chi connectivity index (χ2n) is 5.62. The first kappa shape index (κ1) is 15.9. The van der Waals surface area contributed by atoms with E-state index in [1.54, 1.807) is 0 Å². The molecule has 0 aromatic carbocycles. The standard InChI is InChI=1S/C14H31NO/c1-4-5-6-7-8-9-14(11-15,12-16)10-13(2)3/h13,16H,4-12,15H2,1-3H3. The van der Waals surface area contributed by atoms with Gasteiger partial charge in [-0.1, -0.05) is 52.9 Å². The van der Waals surface area contributed by atoms with Crippen LogP contribution in [-0.2, 0) is 0 Å². The van der Waals surface area contributed by atoms with Gasteiger partial charge in [0.25, 0.3) is 0 Å². The molecule has 0 amide bonds. The Morgan fingerprint density at radius 2 is 1.75 bits per heavy atom. The second kappa shape index (κ2) is 9.00. The molecule has 0 aliphatic heterocycles. The van der Waals surface area contributed by atoms with Gasteiger partial charge < -0.3 is 10.8 Å². The molecule has 0 saturated carbocycles. The van der Waals surface area contributed by atoms with Crippen molar-refractivity contribution in [1.29, 1.82) is 0 Å². The summed E-state index contributed by atoms with van der Waals surface area (Å²) >= 11 is 0. The number of unbranched alkanes of at least 4 members (excludes halogenated alkanes) is 4. The van der Waals surface area contributed by atoms with E-state index in [0.717, 1.165) is 12.8 Å². The Bertz CT molecular complexity index is 153. The summed E-state index contributed by atoms with van der Waals surface area (Å²) in [4.78, 5) is 0. The molecule has 0 rings (SSSR count). The summed E-state index contributed by atoms with van der Waals surface area (Å²) in [5, 5.41) is 9.55. The molecule has 0 aromatic heterocycles. The van der Waals surface area contributed by atoms with E-state index >= 15 is 0 Å². The van der Waals surface area contributed by atoms with E-state index in [1.807, 2.05) is 0 Å². The Hall–Kier alpha value is -0.0800. The summed E-state index contributed by atoms with van der Waals surface area (Å²) in [5.41, 5.74) is 5.83. The molecule has 3 N–H and O–H groups in total. The molecule has 0 heterocycles. The number of hydrogen-bond acceptors (Lipinski definition) is 2. The summed E-state index contributed by atoms with van der Waals surface area (Å²) in [6.45, 7) is 7.51. The van der Waals surface area contributed by atoms with E-state index in [1.165, 1.54) is 32.1 Å². The van der Waals surface area contributed by atoms with Crippen molar-refractivity contribution in [2.45, 2.75) is 65.7 Å². The number of rotatable bonds is 10. The summed E-state index contributed by atoms with van der Waals surface area (Å²) in [6.07, 6.45) is 8.57. The predicted octanol–water partition coefficient (Wildman–Crippen LogP) is 3.33. The lowest BCUT2D eigenvalue weighted by Gasteiger charge is -2.32. The van der Waals surface area contributed by atoms with Gasteiger partial charge in [-0.3, -0.25) is 0 Å². The van der Waals surface area contributed by atoms with E-state index < -0.39 is 0 Å². The molecule has 0 spiro atoms. The number of hydrogen-bond donors (Lipinski definition) is 2. The first-order valence-corrected chi connectivity index (χ1v) is 6.91. The summed E-state index contributed by atoms with van der Waals surface area (Å²) in [5.74, 6) is 0.617. The largest absolute Gasteiger partial charge is 0.396 e. The number of aliphatic hydroxyl groups is 1. The number of nitrogens with two attached hydrogens (primary N) is 1. The maximum Gasteiger partial charge on any atom is 0.0499 e. The third kappa shape index (κ3) is 6.49.